The number of nitrogens with one attached hydrogen (secondary N) is 2. The number of ether oxygens (including phenoxy) is 2. The molecule has 7 nitrogen and oxygen atoms in total. The van der Waals surface area contributed by atoms with Gasteiger partial charge in [0.15, 0.2) is 5.66 Å². The van der Waals surface area contributed by atoms with E-state index in [-0.39, 0.29) is 17.4 Å². The molecule has 1 heterocycles. The SMILES string of the molecule is COc1ccc(C(=O)NC2=CC=CNC2(N)C(=O)c2ccc(OC)cc2)cc1. The number of nitrogens with two attached hydrogens (primary N) is 1. The number of rotatable bonds is 6. The number of benzene rings is 2. The van der Waals surface area contributed by atoms with Gasteiger partial charge in [0.1, 0.15) is 11.5 Å². The largest absolute Gasteiger partial charge is 0.497 e. The van der Waals surface area contributed by atoms with Gasteiger partial charge in [-0.1, -0.05) is 0 Å². The number of Topliss-reactive ketones (excluding diaryl/α,β-unsaturated/α-hetero) is 1. The van der Waals surface area contributed by atoms with Crippen LogP contribution >= 0.6 is 0 Å². The van der Waals surface area contributed by atoms with Gasteiger partial charge in [0, 0.05) is 11.1 Å². The number of hydrogen-bond acceptors (Lipinski definition) is 6. The van der Waals surface area contributed by atoms with Crippen LogP contribution in [-0.4, -0.2) is 31.6 Å². The van der Waals surface area contributed by atoms with Crippen molar-refractivity contribution in [1.29, 1.82) is 0 Å². The zero-order valence-electron chi connectivity index (χ0n) is 15.6. The standard InChI is InChI=1S/C21H21N3O4/c1-27-16-9-5-14(6-10-16)19(25)21(22)18(4-3-13-23-21)24-20(26)15-7-11-17(28-2)12-8-15/h3-13,23H,22H2,1-2H3,(H,24,26). The number of dihydropyridines is 1. The van der Waals surface area contributed by atoms with Gasteiger partial charge >= 0.3 is 0 Å². The molecule has 1 aliphatic rings. The fraction of sp³-hybridized carbons (Fsp3) is 0.143. The van der Waals surface area contributed by atoms with Gasteiger partial charge in [0.05, 0.1) is 19.9 Å². The first-order valence-corrected chi connectivity index (χ1v) is 8.56. The van der Waals surface area contributed by atoms with Crippen molar-refractivity contribution < 1.29 is 19.1 Å². The molecule has 1 unspecified atom stereocenters. The van der Waals surface area contributed by atoms with Crippen LogP contribution in [0, 0.1) is 0 Å². The van der Waals surface area contributed by atoms with E-state index in [0.29, 0.717) is 22.6 Å². The van der Waals surface area contributed by atoms with Gasteiger partial charge in [-0.3, -0.25) is 15.3 Å². The van der Waals surface area contributed by atoms with Crippen LogP contribution in [0.15, 0.2) is 72.6 Å². The predicted molar refractivity (Wildman–Crippen MR) is 105 cm³/mol. The van der Waals surface area contributed by atoms with Gasteiger partial charge in [0.2, 0.25) is 5.78 Å². The Morgan fingerprint density at radius 2 is 1.46 bits per heavy atom. The lowest BCUT2D eigenvalue weighted by Crippen LogP contribution is -2.63. The molecule has 1 amide bonds. The summed E-state index contributed by atoms with van der Waals surface area (Å²) in [4.78, 5) is 25.7. The van der Waals surface area contributed by atoms with E-state index < -0.39 is 5.66 Å². The molecule has 0 fully saturated rings. The van der Waals surface area contributed by atoms with Crippen molar-refractivity contribution >= 4 is 11.7 Å². The molecule has 4 N–H and O–H groups in total. The molecule has 1 aliphatic heterocycles. The van der Waals surface area contributed by atoms with Gasteiger partial charge in [-0.05, 0) is 66.9 Å². The summed E-state index contributed by atoms with van der Waals surface area (Å²) in [5.74, 6) is 0.493. The van der Waals surface area contributed by atoms with Crippen molar-refractivity contribution in [1.82, 2.24) is 10.6 Å². The molecule has 144 valence electrons. The third kappa shape index (κ3) is 3.74. The van der Waals surface area contributed by atoms with E-state index >= 15 is 0 Å². The summed E-state index contributed by atoms with van der Waals surface area (Å²) in [5.41, 5.74) is 5.81. The molecule has 2 aromatic carbocycles. The molecule has 0 spiro atoms. The maximum Gasteiger partial charge on any atom is 0.255 e. The molecule has 1 atom stereocenters. The third-order valence-corrected chi connectivity index (χ3v) is 4.41. The molecular formula is C21H21N3O4. The second-order valence-electron chi connectivity index (χ2n) is 6.13. The van der Waals surface area contributed by atoms with Crippen molar-refractivity contribution in [2.75, 3.05) is 14.2 Å². The maximum absolute atomic E-state index is 13.1. The summed E-state index contributed by atoms with van der Waals surface area (Å²) in [5, 5.41) is 5.59. The zero-order chi connectivity index (χ0) is 20.1. The van der Waals surface area contributed by atoms with Crippen LogP contribution in [0.5, 0.6) is 11.5 Å². The highest BCUT2D eigenvalue weighted by molar-refractivity contribution is 6.06. The zero-order valence-corrected chi connectivity index (χ0v) is 15.6. The number of ketones is 1. The van der Waals surface area contributed by atoms with Crippen LogP contribution in [0.25, 0.3) is 0 Å². The van der Waals surface area contributed by atoms with Gasteiger partial charge in [0.25, 0.3) is 5.91 Å². The molecular weight excluding hydrogens is 358 g/mol. The highest BCUT2D eigenvalue weighted by Crippen LogP contribution is 2.21. The number of carbonyl (C=O) groups is 2. The molecule has 0 radical (unpaired) electrons. The van der Waals surface area contributed by atoms with E-state index in [0.717, 1.165) is 0 Å². The van der Waals surface area contributed by atoms with E-state index in [1.165, 1.54) is 0 Å². The van der Waals surface area contributed by atoms with Crippen LogP contribution in [0.3, 0.4) is 0 Å². The van der Waals surface area contributed by atoms with Gasteiger partial charge < -0.3 is 20.1 Å². The monoisotopic (exact) mass is 379 g/mol. The van der Waals surface area contributed by atoms with Crippen molar-refractivity contribution in [3.05, 3.63) is 83.7 Å². The molecule has 0 bridgehead atoms. The first kappa shape index (κ1) is 19.2. The Morgan fingerprint density at radius 3 is 2.00 bits per heavy atom. The lowest BCUT2D eigenvalue weighted by molar-refractivity contribution is 0.0879. The Morgan fingerprint density at radius 1 is 0.929 bits per heavy atom. The molecule has 0 aliphatic carbocycles. The molecule has 0 aromatic heterocycles. The summed E-state index contributed by atoms with van der Waals surface area (Å²) in [6.45, 7) is 0. The lowest BCUT2D eigenvalue weighted by atomic mass is 9.93. The average Bonchev–Trinajstić information content (AvgIpc) is 2.75. The van der Waals surface area contributed by atoms with Crippen LogP contribution in [0.2, 0.25) is 0 Å². The Labute approximate surface area is 162 Å². The van der Waals surface area contributed by atoms with Gasteiger partial charge in [-0.15, -0.1) is 0 Å². The summed E-state index contributed by atoms with van der Waals surface area (Å²) in [6, 6.07) is 13.2. The first-order valence-electron chi connectivity index (χ1n) is 8.56. The summed E-state index contributed by atoms with van der Waals surface area (Å²) >= 11 is 0. The average molecular weight is 379 g/mol. The van der Waals surface area contributed by atoms with E-state index in [4.69, 9.17) is 15.2 Å². The summed E-state index contributed by atoms with van der Waals surface area (Å²) in [7, 11) is 3.09. The van der Waals surface area contributed by atoms with Crippen molar-refractivity contribution in [2.45, 2.75) is 5.66 Å². The van der Waals surface area contributed by atoms with Gasteiger partial charge in [-0.2, -0.15) is 0 Å². The predicted octanol–water partition coefficient (Wildman–Crippen LogP) is 1.97. The summed E-state index contributed by atoms with van der Waals surface area (Å²) in [6.07, 6.45) is 4.82. The Bertz CT molecular complexity index is 933. The fourth-order valence-corrected chi connectivity index (χ4v) is 2.77. The Kier molecular flexibility index (Phi) is 5.47. The minimum absolute atomic E-state index is 0.247. The normalized spacial score (nSPS) is 17.9. The molecule has 0 saturated carbocycles. The lowest BCUT2D eigenvalue weighted by Gasteiger charge is -2.33. The molecule has 0 saturated heterocycles. The quantitative estimate of drug-likeness (QED) is 0.663. The molecule has 3 rings (SSSR count). The van der Waals surface area contributed by atoms with Crippen LogP contribution in [-0.2, 0) is 0 Å². The summed E-state index contributed by atoms with van der Waals surface area (Å²) < 4.78 is 10.2. The second-order valence-corrected chi connectivity index (χ2v) is 6.13. The maximum atomic E-state index is 13.1. The number of amides is 1. The number of allylic oxidation sites excluding steroid dienone is 2. The van der Waals surface area contributed by atoms with Gasteiger partial charge in [-0.25, -0.2) is 0 Å². The topological polar surface area (TPSA) is 103 Å². The molecule has 28 heavy (non-hydrogen) atoms. The van der Waals surface area contributed by atoms with Crippen molar-refractivity contribution in [3.8, 4) is 11.5 Å². The minimum atomic E-state index is -1.61. The minimum Gasteiger partial charge on any atom is -0.497 e. The fourth-order valence-electron chi connectivity index (χ4n) is 2.77. The van der Waals surface area contributed by atoms with E-state index in [9.17, 15) is 9.59 Å². The molecule has 7 heteroatoms. The van der Waals surface area contributed by atoms with E-state index in [2.05, 4.69) is 10.6 Å². The number of hydrogen-bond donors (Lipinski definition) is 3. The van der Waals surface area contributed by atoms with Crippen molar-refractivity contribution in [2.24, 2.45) is 5.73 Å². The first-order chi connectivity index (χ1) is 13.5. The third-order valence-electron chi connectivity index (χ3n) is 4.41. The highest BCUT2D eigenvalue weighted by Gasteiger charge is 2.39. The van der Waals surface area contributed by atoms with Crippen molar-refractivity contribution in [3.63, 3.8) is 0 Å². The molecule has 2 aromatic rings. The van der Waals surface area contributed by atoms with Crippen LogP contribution in [0.1, 0.15) is 20.7 Å². The number of methoxy groups -OCH3 is 2. The smallest absolute Gasteiger partial charge is 0.255 e. The second kappa shape index (κ2) is 7.98. The number of carbonyl (C=O) groups excluding carboxylic acids is 2. The Hall–Kier alpha value is -3.58. The van der Waals surface area contributed by atoms with E-state index in [1.807, 2.05) is 0 Å². The highest BCUT2D eigenvalue weighted by atomic mass is 16.5. The van der Waals surface area contributed by atoms with Crippen LogP contribution < -0.4 is 25.8 Å². The van der Waals surface area contributed by atoms with Crippen LogP contribution in [0.4, 0.5) is 0 Å². The van der Waals surface area contributed by atoms with E-state index in [1.54, 1.807) is 81.1 Å². The Balaban J connectivity index is 1.83.